The average Bonchev–Trinajstić information content (AvgIpc) is 0. The fraction of sp³-hybridized carbons (Fsp3) is 0. The molecule has 0 aliphatic rings. The minimum Gasteiger partial charge on any atom is -2.00 e. The van der Waals surface area contributed by atoms with Gasteiger partial charge < -0.3 is 5.48 Å². The van der Waals surface area contributed by atoms with Crippen molar-refractivity contribution in [2.24, 2.45) is 0 Å². The minimum atomic E-state index is 0. The van der Waals surface area contributed by atoms with Crippen LogP contribution in [0.5, 0.6) is 0 Å². The quantitative estimate of drug-likeness (QED) is 0.363. The van der Waals surface area contributed by atoms with Crippen LogP contribution in [-0.4, -0.2) is 0 Å². The van der Waals surface area contributed by atoms with Crippen molar-refractivity contribution in [1.82, 2.24) is 0 Å². The second-order valence-electron chi connectivity index (χ2n) is 0. The molecule has 1 nitrogen and oxygen atoms in total. The summed E-state index contributed by atoms with van der Waals surface area (Å²) in [4.78, 5) is 0. The van der Waals surface area contributed by atoms with Crippen molar-refractivity contribution in [2.45, 2.75) is 0 Å². The molecule has 0 amide bonds. The maximum Gasteiger partial charge on any atom is 2.00 e. The van der Waals surface area contributed by atoms with Gasteiger partial charge in [0.05, 0.1) is 0 Å². The van der Waals surface area contributed by atoms with Gasteiger partial charge in [-0.1, -0.05) is 0 Å². The van der Waals surface area contributed by atoms with Crippen LogP contribution in [0, 0.1) is 0 Å². The van der Waals surface area contributed by atoms with Gasteiger partial charge in [-0.05, 0) is 0 Å². The molecule has 0 aromatic heterocycles. The summed E-state index contributed by atoms with van der Waals surface area (Å²) in [7, 11) is 0. The van der Waals surface area contributed by atoms with Gasteiger partial charge in [0, 0.05) is 0 Å². The number of rotatable bonds is 0. The molecule has 0 rings (SSSR count). The Balaban J connectivity index is 0. The van der Waals surface area contributed by atoms with Crippen LogP contribution in [0.4, 0.5) is 0 Å². The van der Waals surface area contributed by atoms with Crippen LogP contribution in [0.15, 0.2) is 0 Å². The summed E-state index contributed by atoms with van der Waals surface area (Å²) in [6.07, 6.45) is 0. The molecule has 0 saturated heterocycles. The van der Waals surface area contributed by atoms with Crippen LogP contribution in [0.1, 0.15) is 0 Å². The zero-order valence-electron chi connectivity index (χ0n) is 2.46. The summed E-state index contributed by atoms with van der Waals surface area (Å²) < 4.78 is 0. The summed E-state index contributed by atoms with van der Waals surface area (Å²) in [6.45, 7) is 0. The molecule has 0 N–H and O–H groups in total. The molecule has 1 radical (unpaired) electrons. The summed E-state index contributed by atoms with van der Waals surface area (Å²) >= 11 is 0. The minimum absolute atomic E-state index is 0. The fourth-order valence-electron chi connectivity index (χ4n) is 0. The molecule has 0 aliphatic heterocycles. The van der Waals surface area contributed by atoms with Gasteiger partial charge in [0.15, 0.2) is 0 Å². The first-order valence-corrected chi connectivity index (χ1v) is 0. The van der Waals surface area contributed by atoms with E-state index in [4.69, 9.17) is 0 Å². The zero-order valence-corrected chi connectivity index (χ0v) is 5.73. The molecule has 0 spiro atoms. The third-order valence-electron chi connectivity index (χ3n) is 0. The van der Waals surface area contributed by atoms with Gasteiger partial charge in [-0.3, -0.25) is 0 Å². The van der Waals surface area contributed by atoms with Crippen LogP contribution < -0.4 is 18.9 Å². The first kappa shape index (κ1) is 60.2. The van der Waals surface area contributed by atoms with E-state index in [2.05, 4.69) is 0 Å². The van der Waals surface area contributed by atoms with E-state index in [-0.39, 0.29) is 75.0 Å². The van der Waals surface area contributed by atoms with Crippen LogP contribution in [0.2, 0.25) is 0 Å². The Morgan fingerprint density at radius 1 is 1.00 bits per heavy atom. The predicted molar refractivity (Wildman–Crippen MR) is 0.686 cm³/mol. The monoisotopic (exact) mass is 192 g/mol. The maximum absolute atomic E-state index is 0. The van der Waals surface area contributed by atoms with Crippen molar-refractivity contribution in [3.63, 3.8) is 0 Å². The molecule has 0 unspecified atom stereocenters. The van der Waals surface area contributed by atoms with Crippen molar-refractivity contribution in [3.05, 3.63) is 0 Å². The van der Waals surface area contributed by atoms with Crippen molar-refractivity contribution < 1.29 is 75.0 Å². The van der Waals surface area contributed by atoms with Crippen molar-refractivity contribution in [1.29, 1.82) is 0 Å². The average molecular weight is 192 g/mol. The van der Waals surface area contributed by atoms with Gasteiger partial charge in [-0.25, -0.2) is 0 Å². The van der Waals surface area contributed by atoms with Crippen LogP contribution in [-0.2, 0) is 56.1 Å². The van der Waals surface area contributed by atoms with E-state index in [1.165, 1.54) is 0 Å². The fourth-order valence-corrected chi connectivity index (χ4v) is 0. The standard InChI is InChI=1S/Fe.Li.Mn.Ni.O/q+2;+1;2*+2;-2. The van der Waals surface area contributed by atoms with Gasteiger partial charge >= 0.3 is 69.5 Å². The molecule has 5 heteroatoms. The maximum atomic E-state index is 0. The summed E-state index contributed by atoms with van der Waals surface area (Å²) in [5, 5.41) is 0. The van der Waals surface area contributed by atoms with Gasteiger partial charge in [-0.15, -0.1) is 0 Å². The molecule has 5 heavy (non-hydrogen) atoms. The third-order valence-corrected chi connectivity index (χ3v) is 0. The molecule has 0 atom stereocenters. The van der Waals surface area contributed by atoms with Gasteiger partial charge in [0.25, 0.3) is 0 Å². The largest absolute Gasteiger partial charge is 2.00 e. The van der Waals surface area contributed by atoms with E-state index < -0.39 is 0 Å². The first-order valence-electron chi connectivity index (χ1n) is 0. The van der Waals surface area contributed by atoms with E-state index in [1.54, 1.807) is 0 Å². The molecular weight excluding hydrogens is 192 g/mol. The van der Waals surface area contributed by atoms with Crippen molar-refractivity contribution >= 4 is 0 Å². The smallest absolute Gasteiger partial charge is 2.00 e. The zero-order chi connectivity index (χ0) is 0. The second kappa shape index (κ2) is 36.1. The Hall–Kier alpha value is 2.09. The second-order valence-corrected chi connectivity index (χ2v) is 0. The Labute approximate surface area is 74.4 Å². The number of hydrogen-bond donors (Lipinski definition) is 0. The topological polar surface area (TPSA) is 28.5 Å². The first-order chi connectivity index (χ1) is 0. The molecule has 0 aromatic rings. The van der Waals surface area contributed by atoms with Gasteiger partial charge in [0.2, 0.25) is 0 Å². The summed E-state index contributed by atoms with van der Waals surface area (Å²) in [5.41, 5.74) is 0. The summed E-state index contributed by atoms with van der Waals surface area (Å²) in [5.74, 6) is 0. The molecule has 0 saturated carbocycles. The molecule has 0 bridgehead atoms. The Kier molecular flexibility index (Phi) is 435. The Morgan fingerprint density at radius 3 is 1.00 bits per heavy atom. The van der Waals surface area contributed by atoms with E-state index in [1.807, 2.05) is 0 Å². The van der Waals surface area contributed by atoms with Crippen LogP contribution in [0.25, 0.3) is 0 Å². The predicted octanol–water partition coefficient (Wildman–Crippen LogP) is -3.12. The normalized spacial score (nSPS) is 0. The molecule has 27 valence electrons. The Bertz CT molecular complexity index is 11.6. The van der Waals surface area contributed by atoms with Crippen LogP contribution in [0.3, 0.4) is 0 Å². The molecule has 0 heterocycles. The Morgan fingerprint density at radius 2 is 1.00 bits per heavy atom. The third kappa shape index (κ3) is 23.3. The molecule has 0 aromatic carbocycles. The SMILES string of the molecule is [Fe+2].[Li+].[Mn+2].[Ni+2].[O-2]. The molecule has 0 fully saturated rings. The molecular formula is FeLiMnNiO+5. The van der Waals surface area contributed by atoms with Crippen molar-refractivity contribution in [3.8, 4) is 0 Å². The van der Waals surface area contributed by atoms with E-state index >= 15 is 0 Å². The molecule has 0 aliphatic carbocycles. The van der Waals surface area contributed by atoms with Crippen LogP contribution >= 0.6 is 0 Å². The van der Waals surface area contributed by atoms with Gasteiger partial charge in [0.1, 0.15) is 0 Å². The van der Waals surface area contributed by atoms with E-state index in [0.717, 1.165) is 0 Å². The van der Waals surface area contributed by atoms with E-state index in [0.29, 0.717) is 0 Å². The van der Waals surface area contributed by atoms with Crippen molar-refractivity contribution in [2.75, 3.05) is 0 Å². The van der Waals surface area contributed by atoms with E-state index in [9.17, 15) is 0 Å². The number of hydrogen-bond acceptors (Lipinski definition) is 0. The van der Waals surface area contributed by atoms with Gasteiger partial charge in [-0.2, -0.15) is 0 Å². The summed E-state index contributed by atoms with van der Waals surface area (Å²) in [6, 6.07) is 0.